The standard InChI is InChI=1S/C12H13N7/c1-8(13)9-4-2-3-5-10(9)14-11-6-7-12-15-17-18-19(12)16-11/h2-8H,13H2,1H3,(H,14,16). The topological polar surface area (TPSA) is 94.0 Å². The second kappa shape index (κ2) is 4.62. The lowest BCUT2D eigenvalue weighted by Crippen LogP contribution is -2.09. The first-order valence-corrected chi connectivity index (χ1v) is 5.91. The molecule has 96 valence electrons. The van der Waals surface area contributed by atoms with Gasteiger partial charge in [-0.3, -0.25) is 0 Å². The van der Waals surface area contributed by atoms with E-state index in [4.69, 9.17) is 5.73 Å². The molecule has 0 spiro atoms. The van der Waals surface area contributed by atoms with Crippen LogP contribution in [0, 0.1) is 0 Å². The van der Waals surface area contributed by atoms with E-state index in [1.807, 2.05) is 37.3 Å². The number of anilines is 2. The molecule has 0 bridgehead atoms. The van der Waals surface area contributed by atoms with Crippen molar-refractivity contribution in [2.75, 3.05) is 5.32 Å². The summed E-state index contributed by atoms with van der Waals surface area (Å²) in [5.74, 6) is 0.660. The molecular formula is C12H13N7. The minimum Gasteiger partial charge on any atom is -0.338 e. The van der Waals surface area contributed by atoms with Crippen LogP contribution in [0.15, 0.2) is 36.4 Å². The average Bonchev–Trinajstić information content (AvgIpc) is 2.86. The molecule has 3 rings (SSSR count). The van der Waals surface area contributed by atoms with Gasteiger partial charge >= 0.3 is 0 Å². The number of nitrogens with two attached hydrogens (primary N) is 1. The van der Waals surface area contributed by atoms with Crippen molar-refractivity contribution in [2.45, 2.75) is 13.0 Å². The first-order valence-electron chi connectivity index (χ1n) is 5.91. The van der Waals surface area contributed by atoms with Gasteiger partial charge < -0.3 is 11.1 Å². The zero-order valence-electron chi connectivity index (χ0n) is 10.4. The van der Waals surface area contributed by atoms with Crippen molar-refractivity contribution in [3.63, 3.8) is 0 Å². The van der Waals surface area contributed by atoms with E-state index in [9.17, 15) is 0 Å². The van der Waals surface area contributed by atoms with E-state index in [0.29, 0.717) is 11.5 Å². The molecule has 0 amide bonds. The molecule has 3 aromatic rings. The van der Waals surface area contributed by atoms with Gasteiger partial charge in [-0.15, -0.1) is 14.8 Å². The summed E-state index contributed by atoms with van der Waals surface area (Å²) in [4.78, 5) is 0. The number of nitrogens with one attached hydrogen (secondary N) is 1. The molecule has 1 aromatic carbocycles. The number of aromatic nitrogens is 5. The van der Waals surface area contributed by atoms with Crippen molar-refractivity contribution in [3.8, 4) is 0 Å². The Hall–Kier alpha value is -2.54. The van der Waals surface area contributed by atoms with Crippen LogP contribution in [0.25, 0.3) is 5.65 Å². The molecule has 19 heavy (non-hydrogen) atoms. The van der Waals surface area contributed by atoms with Crippen LogP contribution in [-0.2, 0) is 0 Å². The minimum absolute atomic E-state index is 0.0551. The van der Waals surface area contributed by atoms with Crippen LogP contribution in [0.3, 0.4) is 0 Å². The van der Waals surface area contributed by atoms with Crippen LogP contribution >= 0.6 is 0 Å². The van der Waals surface area contributed by atoms with Crippen molar-refractivity contribution < 1.29 is 0 Å². The third kappa shape index (κ3) is 2.23. The summed E-state index contributed by atoms with van der Waals surface area (Å²) in [6, 6.07) is 11.4. The fraction of sp³-hybridized carbons (Fsp3) is 0.167. The molecule has 0 fully saturated rings. The van der Waals surface area contributed by atoms with Crippen LogP contribution < -0.4 is 11.1 Å². The number of benzene rings is 1. The Labute approximate surface area is 109 Å². The summed E-state index contributed by atoms with van der Waals surface area (Å²) in [6.45, 7) is 1.94. The Bertz CT molecular complexity index is 704. The second-order valence-electron chi connectivity index (χ2n) is 4.25. The number of fused-ring (bicyclic) bond motifs is 1. The molecule has 7 nitrogen and oxygen atoms in total. The van der Waals surface area contributed by atoms with Gasteiger partial charge in [0.15, 0.2) is 11.5 Å². The van der Waals surface area contributed by atoms with Gasteiger partial charge in [-0.2, -0.15) is 0 Å². The van der Waals surface area contributed by atoms with E-state index in [0.717, 1.165) is 11.3 Å². The lowest BCUT2D eigenvalue weighted by atomic mass is 10.1. The summed E-state index contributed by atoms with van der Waals surface area (Å²) >= 11 is 0. The molecule has 2 heterocycles. The summed E-state index contributed by atoms with van der Waals surface area (Å²) in [7, 11) is 0. The summed E-state index contributed by atoms with van der Waals surface area (Å²) in [5.41, 5.74) is 8.50. The van der Waals surface area contributed by atoms with Gasteiger partial charge in [-0.05, 0) is 41.1 Å². The van der Waals surface area contributed by atoms with Crippen LogP contribution in [0.1, 0.15) is 18.5 Å². The predicted octanol–water partition coefficient (Wildman–Crippen LogP) is 1.28. The smallest absolute Gasteiger partial charge is 0.200 e. The zero-order valence-corrected chi connectivity index (χ0v) is 10.4. The summed E-state index contributed by atoms with van der Waals surface area (Å²) in [6.07, 6.45) is 0. The Morgan fingerprint density at radius 1 is 1.21 bits per heavy atom. The summed E-state index contributed by atoms with van der Waals surface area (Å²) < 4.78 is 1.37. The van der Waals surface area contributed by atoms with Gasteiger partial charge in [0.05, 0.1) is 0 Å². The van der Waals surface area contributed by atoms with E-state index >= 15 is 0 Å². The van der Waals surface area contributed by atoms with E-state index in [-0.39, 0.29) is 6.04 Å². The Balaban J connectivity index is 1.96. The van der Waals surface area contributed by atoms with Crippen molar-refractivity contribution in [1.82, 2.24) is 25.3 Å². The van der Waals surface area contributed by atoms with Gasteiger partial charge in [0.2, 0.25) is 0 Å². The maximum atomic E-state index is 5.94. The van der Waals surface area contributed by atoms with Gasteiger partial charge in [-0.25, -0.2) is 0 Å². The van der Waals surface area contributed by atoms with Crippen molar-refractivity contribution in [1.29, 1.82) is 0 Å². The quantitative estimate of drug-likeness (QED) is 0.732. The van der Waals surface area contributed by atoms with Crippen molar-refractivity contribution >= 4 is 17.2 Å². The fourth-order valence-corrected chi connectivity index (χ4v) is 1.86. The lowest BCUT2D eigenvalue weighted by Gasteiger charge is -2.13. The number of hydrogen-bond acceptors (Lipinski definition) is 6. The number of hydrogen-bond donors (Lipinski definition) is 2. The molecule has 1 atom stereocenters. The van der Waals surface area contributed by atoms with Gasteiger partial charge in [0.1, 0.15) is 0 Å². The lowest BCUT2D eigenvalue weighted by molar-refractivity contribution is 0.736. The molecule has 0 saturated carbocycles. The zero-order chi connectivity index (χ0) is 13.2. The van der Waals surface area contributed by atoms with Crippen LogP contribution in [-0.4, -0.2) is 25.3 Å². The van der Waals surface area contributed by atoms with Gasteiger partial charge in [0, 0.05) is 11.7 Å². The van der Waals surface area contributed by atoms with Gasteiger partial charge in [-0.1, -0.05) is 18.2 Å². The van der Waals surface area contributed by atoms with Crippen molar-refractivity contribution in [3.05, 3.63) is 42.0 Å². The second-order valence-corrected chi connectivity index (χ2v) is 4.25. The number of para-hydroxylation sites is 1. The molecule has 0 aliphatic heterocycles. The Morgan fingerprint density at radius 2 is 2.05 bits per heavy atom. The van der Waals surface area contributed by atoms with Crippen LogP contribution in [0.2, 0.25) is 0 Å². The summed E-state index contributed by atoms with van der Waals surface area (Å²) in [5, 5.41) is 18.6. The highest BCUT2D eigenvalue weighted by Gasteiger charge is 2.07. The third-order valence-corrected chi connectivity index (χ3v) is 2.78. The monoisotopic (exact) mass is 255 g/mol. The molecule has 0 radical (unpaired) electrons. The molecule has 7 heteroatoms. The Morgan fingerprint density at radius 3 is 2.89 bits per heavy atom. The fourth-order valence-electron chi connectivity index (χ4n) is 1.86. The molecule has 2 aromatic heterocycles. The van der Waals surface area contributed by atoms with E-state index in [1.54, 1.807) is 6.07 Å². The average molecular weight is 255 g/mol. The molecular weight excluding hydrogens is 242 g/mol. The first-order chi connectivity index (χ1) is 9.24. The number of tetrazole rings is 1. The highest BCUT2D eigenvalue weighted by Crippen LogP contribution is 2.23. The maximum Gasteiger partial charge on any atom is 0.200 e. The predicted molar refractivity (Wildman–Crippen MR) is 70.9 cm³/mol. The third-order valence-electron chi connectivity index (χ3n) is 2.78. The highest BCUT2D eigenvalue weighted by atomic mass is 15.6. The van der Waals surface area contributed by atoms with Crippen LogP contribution in [0.4, 0.5) is 11.5 Å². The molecule has 0 aliphatic rings. The van der Waals surface area contributed by atoms with Crippen molar-refractivity contribution in [2.24, 2.45) is 5.73 Å². The van der Waals surface area contributed by atoms with Crippen LogP contribution in [0.5, 0.6) is 0 Å². The minimum atomic E-state index is -0.0551. The molecule has 0 saturated heterocycles. The highest BCUT2D eigenvalue weighted by molar-refractivity contribution is 5.61. The SMILES string of the molecule is CC(N)c1ccccc1Nc1ccc2nnnn2n1. The normalized spacial score (nSPS) is 12.5. The number of rotatable bonds is 3. The molecule has 0 aliphatic carbocycles. The first kappa shape index (κ1) is 11.5. The largest absolute Gasteiger partial charge is 0.338 e. The number of nitrogens with zero attached hydrogens (tertiary/aromatic N) is 5. The molecule has 3 N–H and O–H groups in total. The van der Waals surface area contributed by atoms with E-state index in [1.165, 1.54) is 4.63 Å². The Kier molecular flexibility index (Phi) is 2.81. The molecule has 1 unspecified atom stereocenters. The van der Waals surface area contributed by atoms with Gasteiger partial charge in [0.25, 0.3) is 0 Å². The van der Waals surface area contributed by atoms with E-state index in [2.05, 4.69) is 25.9 Å². The van der Waals surface area contributed by atoms with E-state index < -0.39 is 0 Å². The maximum absolute atomic E-state index is 5.94.